The third kappa shape index (κ3) is 3.83. The van der Waals surface area contributed by atoms with Crippen molar-refractivity contribution in [1.29, 1.82) is 0 Å². The number of nitrogens with zero attached hydrogens (tertiary/aromatic N) is 3. The average molecular weight is 414 g/mol. The second-order valence-corrected chi connectivity index (χ2v) is 8.71. The van der Waals surface area contributed by atoms with E-state index in [4.69, 9.17) is 0 Å². The molecule has 152 valence electrons. The number of hydrogen-bond donors (Lipinski definition) is 0. The first-order valence-electron chi connectivity index (χ1n) is 9.96. The molecule has 4 rings (SSSR count). The number of halogens is 1. The second-order valence-electron chi connectivity index (χ2n) is 7.71. The van der Waals surface area contributed by atoms with E-state index in [-0.39, 0.29) is 23.3 Å². The molecule has 0 spiro atoms. The predicted molar refractivity (Wildman–Crippen MR) is 113 cm³/mol. The third-order valence-corrected chi connectivity index (χ3v) is 6.97. The highest BCUT2D eigenvalue weighted by Gasteiger charge is 2.30. The SMILES string of the molecule is Cc1c(C(=O)N(CCc2ccc(F)cc2)C2CCCC2)sc2ncn(C)c(=O)c12. The van der Waals surface area contributed by atoms with E-state index in [9.17, 15) is 14.0 Å². The average Bonchev–Trinajstić information content (AvgIpc) is 3.35. The van der Waals surface area contributed by atoms with Gasteiger partial charge in [0, 0.05) is 19.6 Å². The van der Waals surface area contributed by atoms with Crippen LogP contribution in [-0.4, -0.2) is 32.9 Å². The lowest BCUT2D eigenvalue weighted by molar-refractivity contribution is 0.0688. The third-order valence-electron chi connectivity index (χ3n) is 5.79. The van der Waals surface area contributed by atoms with E-state index in [0.29, 0.717) is 33.6 Å². The minimum Gasteiger partial charge on any atom is -0.335 e. The molecule has 1 fully saturated rings. The maximum Gasteiger partial charge on any atom is 0.264 e. The van der Waals surface area contributed by atoms with Gasteiger partial charge in [0.15, 0.2) is 0 Å². The summed E-state index contributed by atoms with van der Waals surface area (Å²) in [7, 11) is 1.67. The number of aryl methyl sites for hydroxylation is 2. The molecule has 0 unspecified atom stereocenters. The summed E-state index contributed by atoms with van der Waals surface area (Å²) >= 11 is 1.30. The Bertz CT molecular complexity index is 1100. The van der Waals surface area contributed by atoms with E-state index in [1.165, 1.54) is 34.4 Å². The molecule has 0 atom stereocenters. The highest BCUT2D eigenvalue weighted by Crippen LogP contribution is 2.31. The Morgan fingerprint density at radius 3 is 2.66 bits per heavy atom. The van der Waals surface area contributed by atoms with Crippen LogP contribution in [0.2, 0.25) is 0 Å². The fourth-order valence-electron chi connectivity index (χ4n) is 4.11. The van der Waals surface area contributed by atoms with Crippen molar-refractivity contribution in [3.05, 3.63) is 62.8 Å². The number of carbonyl (C=O) groups excluding carboxylic acids is 1. The molecule has 2 heterocycles. The van der Waals surface area contributed by atoms with Crippen LogP contribution in [0, 0.1) is 12.7 Å². The molecule has 1 aliphatic rings. The van der Waals surface area contributed by atoms with E-state index in [2.05, 4.69) is 4.98 Å². The van der Waals surface area contributed by atoms with Gasteiger partial charge >= 0.3 is 0 Å². The lowest BCUT2D eigenvalue weighted by Gasteiger charge is -2.29. The Morgan fingerprint density at radius 1 is 1.28 bits per heavy atom. The van der Waals surface area contributed by atoms with Crippen molar-refractivity contribution < 1.29 is 9.18 Å². The first-order chi connectivity index (χ1) is 14.0. The largest absolute Gasteiger partial charge is 0.335 e. The molecule has 0 N–H and O–H groups in total. The van der Waals surface area contributed by atoms with Crippen LogP contribution < -0.4 is 5.56 Å². The van der Waals surface area contributed by atoms with Crippen LogP contribution >= 0.6 is 11.3 Å². The summed E-state index contributed by atoms with van der Waals surface area (Å²) < 4.78 is 14.6. The second kappa shape index (κ2) is 8.06. The van der Waals surface area contributed by atoms with Crippen LogP contribution in [0.5, 0.6) is 0 Å². The Kier molecular flexibility index (Phi) is 5.50. The Balaban J connectivity index is 1.65. The fourth-order valence-corrected chi connectivity index (χ4v) is 5.21. The number of thiophene rings is 1. The first kappa shape index (κ1) is 19.8. The van der Waals surface area contributed by atoms with Crippen molar-refractivity contribution in [2.24, 2.45) is 7.05 Å². The van der Waals surface area contributed by atoms with Gasteiger partial charge in [-0.15, -0.1) is 11.3 Å². The van der Waals surface area contributed by atoms with Gasteiger partial charge in [-0.2, -0.15) is 0 Å². The molecule has 29 heavy (non-hydrogen) atoms. The monoisotopic (exact) mass is 413 g/mol. The molecule has 0 aliphatic heterocycles. The van der Waals surface area contributed by atoms with Gasteiger partial charge < -0.3 is 9.47 Å². The van der Waals surface area contributed by atoms with Crippen molar-refractivity contribution in [3.8, 4) is 0 Å². The van der Waals surface area contributed by atoms with Crippen LogP contribution in [0.1, 0.15) is 46.5 Å². The molecule has 1 saturated carbocycles. The summed E-state index contributed by atoms with van der Waals surface area (Å²) in [6.45, 7) is 2.41. The van der Waals surface area contributed by atoms with Crippen molar-refractivity contribution in [1.82, 2.24) is 14.5 Å². The van der Waals surface area contributed by atoms with Crippen LogP contribution in [0.4, 0.5) is 4.39 Å². The van der Waals surface area contributed by atoms with Crippen LogP contribution in [0.3, 0.4) is 0 Å². The summed E-state index contributed by atoms with van der Waals surface area (Å²) in [6.07, 6.45) is 6.42. The Morgan fingerprint density at radius 2 is 1.97 bits per heavy atom. The predicted octanol–water partition coefficient (Wildman–Crippen LogP) is 4.07. The molecule has 7 heteroatoms. The molecule has 2 aromatic heterocycles. The smallest absolute Gasteiger partial charge is 0.264 e. The first-order valence-corrected chi connectivity index (χ1v) is 10.8. The number of fused-ring (bicyclic) bond motifs is 1. The van der Waals surface area contributed by atoms with Crippen molar-refractivity contribution in [3.63, 3.8) is 0 Å². The quantitative estimate of drug-likeness (QED) is 0.634. The summed E-state index contributed by atoms with van der Waals surface area (Å²) in [4.78, 5) is 33.6. The highest BCUT2D eigenvalue weighted by atomic mass is 32.1. The van der Waals surface area contributed by atoms with Crippen molar-refractivity contribution >= 4 is 27.5 Å². The van der Waals surface area contributed by atoms with Gasteiger partial charge in [-0.3, -0.25) is 9.59 Å². The minimum atomic E-state index is -0.257. The molecular formula is C22H24FN3O2S. The van der Waals surface area contributed by atoms with Crippen LogP contribution in [0.25, 0.3) is 10.2 Å². The zero-order valence-corrected chi connectivity index (χ0v) is 17.5. The molecule has 3 aromatic rings. The van der Waals surface area contributed by atoms with E-state index in [0.717, 1.165) is 31.2 Å². The maximum absolute atomic E-state index is 13.5. The zero-order chi connectivity index (χ0) is 20.5. The van der Waals surface area contributed by atoms with E-state index >= 15 is 0 Å². The van der Waals surface area contributed by atoms with Gasteiger partial charge in [-0.05, 0) is 49.4 Å². The normalized spacial score (nSPS) is 14.6. The van der Waals surface area contributed by atoms with E-state index in [1.54, 1.807) is 19.2 Å². The van der Waals surface area contributed by atoms with E-state index < -0.39 is 0 Å². The summed E-state index contributed by atoms with van der Waals surface area (Å²) in [5.41, 5.74) is 1.60. The van der Waals surface area contributed by atoms with Gasteiger partial charge in [-0.25, -0.2) is 9.37 Å². The summed E-state index contributed by atoms with van der Waals surface area (Å²) in [5.74, 6) is -0.283. The van der Waals surface area contributed by atoms with Crippen LogP contribution in [0.15, 0.2) is 35.4 Å². The van der Waals surface area contributed by atoms with E-state index in [1.807, 2.05) is 11.8 Å². The fraction of sp³-hybridized carbons (Fsp3) is 0.409. The number of aromatic nitrogens is 2. The zero-order valence-electron chi connectivity index (χ0n) is 16.7. The van der Waals surface area contributed by atoms with Gasteiger partial charge in [0.2, 0.25) is 0 Å². The number of carbonyl (C=O) groups is 1. The van der Waals surface area contributed by atoms with Crippen LogP contribution in [-0.2, 0) is 13.5 Å². The molecular weight excluding hydrogens is 389 g/mol. The lowest BCUT2D eigenvalue weighted by Crippen LogP contribution is -2.40. The number of benzene rings is 1. The molecule has 1 amide bonds. The summed E-state index contributed by atoms with van der Waals surface area (Å²) in [5, 5.41) is 0.535. The van der Waals surface area contributed by atoms with Gasteiger partial charge in [-0.1, -0.05) is 25.0 Å². The number of rotatable bonds is 5. The Labute approximate surface area is 172 Å². The van der Waals surface area contributed by atoms with Crippen molar-refractivity contribution in [2.45, 2.75) is 45.1 Å². The molecule has 1 aliphatic carbocycles. The maximum atomic E-state index is 13.5. The number of amides is 1. The van der Waals surface area contributed by atoms with Crippen molar-refractivity contribution in [2.75, 3.05) is 6.54 Å². The number of hydrogen-bond acceptors (Lipinski definition) is 4. The molecule has 0 saturated heterocycles. The lowest BCUT2D eigenvalue weighted by atomic mass is 10.1. The topological polar surface area (TPSA) is 55.2 Å². The molecule has 5 nitrogen and oxygen atoms in total. The van der Waals surface area contributed by atoms with Gasteiger partial charge in [0.05, 0.1) is 16.6 Å². The van der Waals surface area contributed by atoms with Gasteiger partial charge in [0.25, 0.3) is 11.5 Å². The highest BCUT2D eigenvalue weighted by molar-refractivity contribution is 7.20. The molecule has 1 aromatic carbocycles. The minimum absolute atomic E-state index is 0.0263. The standard InChI is InChI=1S/C22H24FN3O2S/c1-14-18-20(24-13-25(2)21(18)27)29-19(14)22(28)26(17-5-3-4-6-17)12-11-15-7-9-16(23)10-8-15/h7-10,13,17H,3-6,11-12H2,1-2H3. The van der Waals surface area contributed by atoms with Gasteiger partial charge in [0.1, 0.15) is 10.6 Å². The summed E-state index contributed by atoms with van der Waals surface area (Å²) in [6, 6.07) is 6.66. The Hall–Kier alpha value is -2.54. The molecule has 0 bridgehead atoms. The molecule has 0 radical (unpaired) electrons.